The van der Waals surface area contributed by atoms with Gasteiger partial charge in [-0.2, -0.15) is 0 Å². The highest BCUT2D eigenvalue weighted by Gasteiger charge is 2.17. The van der Waals surface area contributed by atoms with E-state index in [2.05, 4.69) is 11.4 Å². The predicted molar refractivity (Wildman–Crippen MR) is 78.6 cm³/mol. The van der Waals surface area contributed by atoms with Crippen molar-refractivity contribution in [1.82, 2.24) is 5.32 Å². The molecule has 0 amide bonds. The summed E-state index contributed by atoms with van der Waals surface area (Å²) in [6.45, 7) is 1.93. The summed E-state index contributed by atoms with van der Waals surface area (Å²) < 4.78 is 0. The first-order valence-electron chi connectivity index (χ1n) is 8.00. The summed E-state index contributed by atoms with van der Waals surface area (Å²) in [5.74, 6) is 0.936. The second kappa shape index (κ2) is 7.96. The van der Waals surface area contributed by atoms with E-state index in [1.165, 1.54) is 64.2 Å². The third-order valence-corrected chi connectivity index (χ3v) is 4.64. The molecule has 2 rings (SSSR count). The van der Waals surface area contributed by atoms with Gasteiger partial charge in [-0.1, -0.05) is 43.8 Å². The Kier molecular flexibility index (Phi) is 6.22. The molecule has 2 heteroatoms. The van der Waals surface area contributed by atoms with Gasteiger partial charge in [-0.3, -0.25) is 0 Å². The van der Waals surface area contributed by atoms with Crippen LogP contribution < -0.4 is 11.1 Å². The minimum Gasteiger partial charge on any atom is -0.329 e. The van der Waals surface area contributed by atoms with Gasteiger partial charge in [0.2, 0.25) is 0 Å². The second-order valence-corrected chi connectivity index (χ2v) is 6.13. The molecule has 1 unspecified atom stereocenters. The number of hydrogen-bond acceptors (Lipinski definition) is 2. The van der Waals surface area contributed by atoms with Gasteiger partial charge >= 0.3 is 0 Å². The van der Waals surface area contributed by atoms with Crippen molar-refractivity contribution in [2.24, 2.45) is 11.7 Å². The summed E-state index contributed by atoms with van der Waals surface area (Å²) in [6.07, 6.45) is 16.2. The fourth-order valence-electron chi connectivity index (χ4n) is 3.49. The molecule has 2 aliphatic carbocycles. The van der Waals surface area contributed by atoms with Crippen LogP contribution in [-0.2, 0) is 0 Å². The zero-order chi connectivity index (χ0) is 12.6. The van der Waals surface area contributed by atoms with Crippen LogP contribution in [-0.4, -0.2) is 19.1 Å². The first kappa shape index (κ1) is 14.1. The van der Waals surface area contributed by atoms with E-state index >= 15 is 0 Å². The average molecular weight is 250 g/mol. The van der Waals surface area contributed by atoms with Crippen LogP contribution >= 0.6 is 0 Å². The summed E-state index contributed by atoms with van der Waals surface area (Å²) >= 11 is 0. The van der Waals surface area contributed by atoms with Gasteiger partial charge in [-0.25, -0.2) is 0 Å². The normalized spacial score (nSPS) is 23.1. The fraction of sp³-hybridized carbons (Fsp3) is 0.875. The zero-order valence-electron chi connectivity index (χ0n) is 11.8. The molecule has 1 atom stereocenters. The Morgan fingerprint density at radius 2 is 2.06 bits per heavy atom. The maximum atomic E-state index is 5.91. The first-order chi connectivity index (χ1) is 8.88. The van der Waals surface area contributed by atoms with Crippen molar-refractivity contribution in [3.05, 3.63) is 11.6 Å². The maximum absolute atomic E-state index is 5.91. The minimum atomic E-state index is 0.551. The summed E-state index contributed by atoms with van der Waals surface area (Å²) in [5, 5.41) is 3.68. The summed E-state index contributed by atoms with van der Waals surface area (Å²) in [6, 6.07) is 0.551. The van der Waals surface area contributed by atoms with E-state index in [4.69, 9.17) is 5.73 Å². The van der Waals surface area contributed by atoms with Crippen molar-refractivity contribution in [2.75, 3.05) is 13.1 Å². The number of nitrogens with one attached hydrogen (secondary N) is 1. The van der Waals surface area contributed by atoms with E-state index in [-0.39, 0.29) is 0 Å². The smallest absolute Gasteiger partial charge is 0.0193 e. The molecule has 2 aliphatic rings. The molecule has 1 fully saturated rings. The molecule has 18 heavy (non-hydrogen) atoms. The van der Waals surface area contributed by atoms with Gasteiger partial charge in [0.1, 0.15) is 0 Å². The summed E-state index contributed by atoms with van der Waals surface area (Å²) in [4.78, 5) is 0. The summed E-state index contributed by atoms with van der Waals surface area (Å²) in [7, 11) is 0. The Labute approximate surface area is 112 Å². The molecule has 0 bridgehead atoms. The molecule has 3 N–H and O–H groups in total. The number of allylic oxidation sites excluding steroid dienone is 1. The fourth-order valence-corrected chi connectivity index (χ4v) is 3.49. The molecular formula is C16H30N2. The van der Waals surface area contributed by atoms with Crippen molar-refractivity contribution in [3.8, 4) is 0 Å². The van der Waals surface area contributed by atoms with Gasteiger partial charge in [0.25, 0.3) is 0 Å². The van der Waals surface area contributed by atoms with Crippen LogP contribution in [0.3, 0.4) is 0 Å². The highest BCUT2D eigenvalue weighted by Crippen LogP contribution is 2.27. The highest BCUT2D eigenvalue weighted by molar-refractivity contribution is 5.07. The van der Waals surface area contributed by atoms with Gasteiger partial charge in [0.15, 0.2) is 0 Å². The van der Waals surface area contributed by atoms with E-state index in [1.54, 1.807) is 5.57 Å². The lowest BCUT2D eigenvalue weighted by molar-refractivity contribution is 0.300. The van der Waals surface area contributed by atoms with Crippen LogP contribution in [0, 0.1) is 5.92 Å². The van der Waals surface area contributed by atoms with Gasteiger partial charge in [0.05, 0.1) is 0 Å². The predicted octanol–water partition coefficient (Wildman–Crippen LogP) is 3.37. The monoisotopic (exact) mass is 250 g/mol. The first-order valence-corrected chi connectivity index (χ1v) is 8.00. The van der Waals surface area contributed by atoms with Crippen molar-refractivity contribution in [2.45, 2.75) is 70.3 Å². The van der Waals surface area contributed by atoms with Crippen LogP contribution in [0.5, 0.6) is 0 Å². The molecule has 0 radical (unpaired) electrons. The van der Waals surface area contributed by atoms with E-state index in [1.807, 2.05) is 0 Å². The van der Waals surface area contributed by atoms with Gasteiger partial charge in [-0.15, -0.1) is 0 Å². The van der Waals surface area contributed by atoms with Crippen molar-refractivity contribution >= 4 is 0 Å². The van der Waals surface area contributed by atoms with Crippen LogP contribution in [0.1, 0.15) is 64.2 Å². The second-order valence-electron chi connectivity index (χ2n) is 6.13. The molecule has 0 aromatic carbocycles. The molecule has 0 saturated heterocycles. The number of nitrogens with two attached hydrogens (primary N) is 1. The maximum Gasteiger partial charge on any atom is 0.0193 e. The Bertz CT molecular complexity index is 254. The van der Waals surface area contributed by atoms with Crippen molar-refractivity contribution < 1.29 is 0 Å². The molecule has 104 valence electrons. The van der Waals surface area contributed by atoms with E-state index in [0.29, 0.717) is 6.04 Å². The molecule has 0 aliphatic heterocycles. The third kappa shape index (κ3) is 4.74. The molecule has 2 nitrogen and oxygen atoms in total. The highest BCUT2D eigenvalue weighted by atomic mass is 14.9. The van der Waals surface area contributed by atoms with E-state index in [0.717, 1.165) is 19.0 Å². The van der Waals surface area contributed by atoms with Gasteiger partial charge in [0, 0.05) is 12.6 Å². The van der Waals surface area contributed by atoms with Crippen molar-refractivity contribution in [1.29, 1.82) is 0 Å². The van der Waals surface area contributed by atoms with Crippen LogP contribution in [0.25, 0.3) is 0 Å². The zero-order valence-corrected chi connectivity index (χ0v) is 11.8. The van der Waals surface area contributed by atoms with E-state index < -0.39 is 0 Å². The van der Waals surface area contributed by atoms with Gasteiger partial charge < -0.3 is 11.1 Å². The SMILES string of the molecule is NCC(CC1CCCCC1)NCCC1=CCCC1. The number of rotatable bonds is 7. The Balaban J connectivity index is 1.61. The lowest BCUT2D eigenvalue weighted by Crippen LogP contribution is -2.38. The summed E-state index contributed by atoms with van der Waals surface area (Å²) in [5.41, 5.74) is 7.57. The Hall–Kier alpha value is -0.340. The lowest BCUT2D eigenvalue weighted by Gasteiger charge is -2.26. The lowest BCUT2D eigenvalue weighted by atomic mass is 9.85. The standard InChI is InChI=1S/C16H30N2/c17-13-16(12-15-8-2-1-3-9-15)18-11-10-14-6-4-5-7-14/h6,15-16,18H,1-5,7-13,17H2. The molecule has 0 aromatic rings. The third-order valence-electron chi connectivity index (χ3n) is 4.64. The molecule has 0 spiro atoms. The molecule has 0 aromatic heterocycles. The Morgan fingerprint density at radius 1 is 1.22 bits per heavy atom. The largest absolute Gasteiger partial charge is 0.329 e. The molecule has 0 heterocycles. The van der Waals surface area contributed by atoms with Crippen LogP contribution in [0.4, 0.5) is 0 Å². The van der Waals surface area contributed by atoms with Crippen molar-refractivity contribution in [3.63, 3.8) is 0 Å². The van der Waals surface area contributed by atoms with E-state index in [9.17, 15) is 0 Å². The Morgan fingerprint density at radius 3 is 2.72 bits per heavy atom. The van der Waals surface area contributed by atoms with Crippen LogP contribution in [0.15, 0.2) is 11.6 Å². The molecule has 1 saturated carbocycles. The minimum absolute atomic E-state index is 0.551. The number of hydrogen-bond donors (Lipinski definition) is 2. The topological polar surface area (TPSA) is 38.0 Å². The molecular weight excluding hydrogens is 220 g/mol. The van der Waals surface area contributed by atoms with Gasteiger partial charge in [-0.05, 0) is 44.6 Å². The average Bonchev–Trinajstić information content (AvgIpc) is 2.92. The quantitative estimate of drug-likeness (QED) is 0.680. The van der Waals surface area contributed by atoms with Crippen LogP contribution in [0.2, 0.25) is 0 Å².